The lowest BCUT2D eigenvalue weighted by molar-refractivity contribution is -0.152. The van der Waals surface area contributed by atoms with Gasteiger partial charge in [0.25, 0.3) is 0 Å². The Hall–Kier alpha value is -2.05. The zero-order valence-corrected chi connectivity index (χ0v) is 30.9. The van der Waals surface area contributed by atoms with Crippen LogP contribution in [0.4, 0.5) is 0 Å². The second-order valence-electron chi connectivity index (χ2n) is 14.9. The summed E-state index contributed by atoms with van der Waals surface area (Å²) in [4.78, 5) is 47.2. The van der Waals surface area contributed by atoms with Crippen molar-refractivity contribution in [2.75, 3.05) is 19.7 Å². The number of aliphatic imine (C=N–C) groups is 1. The molecule has 0 aliphatic rings. The first-order valence-electron chi connectivity index (χ1n) is 15.0. The Morgan fingerprint density at radius 3 is 1.12 bits per heavy atom. The molecule has 0 bridgehead atoms. The van der Waals surface area contributed by atoms with Gasteiger partial charge in [0.1, 0.15) is 11.6 Å². The summed E-state index contributed by atoms with van der Waals surface area (Å²) in [7, 11) is 0. The molecular weight excluding hydrogens is 516 g/mol. The number of amides is 1. The summed E-state index contributed by atoms with van der Waals surface area (Å²) in [5.74, 6) is 0.556. The summed E-state index contributed by atoms with van der Waals surface area (Å²) in [6.07, 6.45) is 2.65. The third-order valence-corrected chi connectivity index (χ3v) is 4.78. The molecule has 0 unspecified atom stereocenters. The zero-order valence-electron chi connectivity index (χ0n) is 30.9. The fourth-order valence-corrected chi connectivity index (χ4v) is 1.67. The van der Waals surface area contributed by atoms with Crippen molar-refractivity contribution in [3.63, 3.8) is 0 Å². The van der Waals surface area contributed by atoms with Crippen LogP contribution in [0.2, 0.25) is 0 Å². The molecule has 0 heterocycles. The number of carbonyl (C=O) groups excluding carboxylic acids is 4. The van der Waals surface area contributed by atoms with Crippen LogP contribution in [-0.2, 0) is 23.9 Å². The second kappa shape index (κ2) is 22.5. The van der Waals surface area contributed by atoms with Crippen LogP contribution in [0.15, 0.2) is 4.99 Å². The fourth-order valence-electron chi connectivity index (χ4n) is 1.67. The molecule has 41 heavy (non-hydrogen) atoms. The maximum atomic E-state index is 11.0. The molecule has 1 amide bonds. The van der Waals surface area contributed by atoms with Crippen molar-refractivity contribution in [1.29, 1.82) is 0 Å². The minimum absolute atomic E-state index is 0.116. The smallest absolute Gasteiger partial charge is 0.311 e. The van der Waals surface area contributed by atoms with E-state index in [0.29, 0.717) is 18.8 Å². The van der Waals surface area contributed by atoms with Crippen molar-refractivity contribution in [1.82, 2.24) is 5.32 Å². The summed E-state index contributed by atoms with van der Waals surface area (Å²) in [6, 6.07) is 0. The van der Waals surface area contributed by atoms with Gasteiger partial charge in [-0.2, -0.15) is 0 Å². The van der Waals surface area contributed by atoms with Crippen LogP contribution >= 0.6 is 0 Å². The predicted octanol–water partition coefficient (Wildman–Crippen LogP) is 8.52. The summed E-state index contributed by atoms with van der Waals surface area (Å²) in [5.41, 5.74) is -0.600. The van der Waals surface area contributed by atoms with E-state index in [4.69, 9.17) is 4.74 Å². The Kier molecular flexibility index (Phi) is 26.8. The van der Waals surface area contributed by atoms with Crippen LogP contribution < -0.4 is 5.32 Å². The normalized spacial score (nSPS) is 11.6. The minimum Gasteiger partial charge on any atom is -0.466 e. The molecular formula is C34H70N2O5. The van der Waals surface area contributed by atoms with E-state index in [0.717, 1.165) is 13.1 Å². The fraction of sp³-hybridized carbons (Fsp3) is 0.853. The van der Waals surface area contributed by atoms with E-state index in [1.54, 1.807) is 6.92 Å². The van der Waals surface area contributed by atoms with Gasteiger partial charge in [0, 0.05) is 42.0 Å². The molecule has 0 aromatic rings. The molecule has 0 atom stereocenters. The molecule has 0 aromatic heterocycles. The Bertz CT molecular complexity index is 720. The average Bonchev–Trinajstić information content (AvgIpc) is 2.76. The van der Waals surface area contributed by atoms with E-state index in [1.165, 1.54) is 0 Å². The van der Waals surface area contributed by atoms with Crippen molar-refractivity contribution in [3.8, 4) is 0 Å². The molecule has 0 saturated heterocycles. The topological polar surface area (TPSA) is 102 Å². The van der Waals surface area contributed by atoms with E-state index in [1.807, 2.05) is 117 Å². The second-order valence-corrected chi connectivity index (χ2v) is 14.9. The lowest BCUT2D eigenvalue weighted by atomic mass is 9.90. The van der Waals surface area contributed by atoms with Crippen LogP contribution in [0, 0.1) is 27.1 Å². The summed E-state index contributed by atoms with van der Waals surface area (Å²) >= 11 is 0. The van der Waals surface area contributed by atoms with Crippen LogP contribution in [-0.4, -0.2) is 49.4 Å². The first-order valence-corrected chi connectivity index (χ1v) is 15.0. The number of Topliss-reactive ketones (excluding diaryl/α,β-unsaturated/α-hetero) is 2. The molecule has 0 rings (SSSR count). The van der Waals surface area contributed by atoms with Crippen LogP contribution in [0.1, 0.15) is 145 Å². The number of esters is 1. The summed E-state index contributed by atoms with van der Waals surface area (Å²) < 4.78 is 4.77. The summed E-state index contributed by atoms with van der Waals surface area (Å²) in [5, 5.41) is 2.75. The number of carbonyl (C=O) groups is 4. The number of ether oxygens (including phenoxy) is 1. The van der Waals surface area contributed by atoms with E-state index >= 15 is 0 Å². The maximum Gasteiger partial charge on any atom is 0.311 e. The standard InChI is InChI=1S/C7H15NO.C7H15N.C7H14O2.C7H14O.C6H12O/c1-5-8-6(9)7(2,3)4;1-5-8-6-7(2,3)4;1-5-9-6(8)7(2,3)4;1-5-6(8)7(2,3)4;1-5(7)6(2,3)4/h5H2,1-4H3,(H,8,9);6H,5H2,1-4H3;5H2,1-4H3;5H2,1-4H3;1-4H3. The monoisotopic (exact) mass is 587 g/mol. The number of ketones is 2. The van der Waals surface area contributed by atoms with Crippen LogP contribution in [0.25, 0.3) is 0 Å². The maximum absolute atomic E-state index is 11.0. The van der Waals surface area contributed by atoms with Gasteiger partial charge in [-0.1, -0.05) is 90.0 Å². The molecule has 1 N–H and O–H groups in total. The van der Waals surface area contributed by atoms with E-state index in [-0.39, 0.29) is 44.7 Å². The first kappa shape index (κ1) is 48.7. The van der Waals surface area contributed by atoms with Gasteiger partial charge in [0.2, 0.25) is 5.91 Å². The predicted molar refractivity (Wildman–Crippen MR) is 178 cm³/mol. The Labute approximate surface area is 255 Å². The van der Waals surface area contributed by atoms with Gasteiger partial charge < -0.3 is 10.1 Å². The van der Waals surface area contributed by atoms with Gasteiger partial charge in [-0.15, -0.1) is 0 Å². The highest BCUT2D eigenvalue weighted by Crippen LogP contribution is 2.16. The molecule has 0 radical (unpaired) electrons. The number of hydrogen-bond acceptors (Lipinski definition) is 6. The number of rotatable bonds is 4. The van der Waals surface area contributed by atoms with Gasteiger partial charge in [-0.05, 0) is 53.9 Å². The van der Waals surface area contributed by atoms with E-state index in [2.05, 4.69) is 31.1 Å². The van der Waals surface area contributed by atoms with Crippen molar-refractivity contribution in [2.24, 2.45) is 32.1 Å². The van der Waals surface area contributed by atoms with Crippen molar-refractivity contribution in [2.45, 2.75) is 145 Å². The van der Waals surface area contributed by atoms with Crippen molar-refractivity contribution >= 4 is 29.7 Å². The minimum atomic E-state index is -0.351. The highest BCUT2D eigenvalue weighted by molar-refractivity contribution is 5.83. The third kappa shape index (κ3) is 40.2. The Balaban J connectivity index is -0.000000132. The number of hydrogen-bond donors (Lipinski definition) is 1. The highest BCUT2D eigenvalue weighted by atomic mass is 16.5. The SMILES string of the molecule is CC(=O)C(C)(C)C.CCC(=O)C(C)(C)C.CCN=CC(C)(C)C.CCNC(=O)C(C)(C)C.CCOC(=O)C(C)(C)C. The van der Waals surface area contributed by atoms with Crippen molar-refractivity contribution in [3.05, 3.63) is 0 Å². The van der Waals surface area contributed by atoms with E-state index < -0.39 is 0 Å². The van der Waals surface area contributed by atoms with Crippen LogP contribution in [0.3, 0.4) is 0 Å². The van der Waals surface area contributed by atoms with E-state index in [9.17, 15) is 19.2 Å². The average molecular weight is 587 g/mol. The molecule has 7 heteroatoms. The summed E-state index contributed by atoms with van der Waals surface area (Å²) in [6.45, 7) is 40.6. The Morgan fingerprint density at radius 1 is 0.659 bits per heavy atom. The molecule has 0 spiro atoms. The third-order valence-electron chi connectivity index (χ3n) is 4.78. The molecule has 0 aliphatic heterocycles. The van der Waals surface area contributed by atoms with Gasteiger partial charge in [-0.3, -0.25) is 24.2 Å². The zero-order chi connectivity index (χ0) is 34.5. The molecule has 0 saturated carbocycles. The lowest BCUT2D eigenvalue weighted by Crippen LogP contribution is -2.34. The molecule has 0 aliphatic carbocycles. The van der Waals surface area contributed by atoms with Crippen LogP contribution in [0.5, 0.6) is 0 Å². The Morgan fingerprint density at radius 2 is 1.05 bits per heavy atom. The molecule has 0 fully saturated rings. The van der Waals surface area contributed by atoms with Gasteiger partial charge in [-0.25, -0.2) is 0 Å². The highest BCUT2D eigenvalue weighted by Gasteiger charge is 2.22. The number of nitrogens with zero attached hydrogens (tertiary/aromatic N) is 1. The van der Waals surface area contributed by atoms with Gasteiger partial charge >= 0.3 is 5.97 Å². The lowest BCUT2D eigenvalue weighted by Gasteiger charge is -2.16. The molecule has 0 aromatic carbocycles. The first-order chi connectivity index (χ1) is 17.9. The molecule has 7 nitrogen and oxygen atoms in total. The number of nitrogens with one attached hydrogen (secondary N) is 1. The van der Waals surface area contributed by atoms with Gasteiger partial charge in [0.05, 0.1) is 12.0 Å². The van der Waals surface area contributed by atoms with Gasteiger partial charge in [0.15, 0.2) is 0 Å². The largest absolute Gasteiger partial charge is 0.466 e. The quantitative estimate of drug-likeness (QED) is 0.263. The molecule has 246 valence electrons. The van der Waals surface area contributed by atoms with Crippen molar-refractivity contribution < 1.29 is 23.9 Å².